The topological polar surface area (TPSA) is 132 Å². The van der Waals surface area contributed by atoms with Crippen LogP contribution < -0.4 is 26.0 Å². The first-order valence-corrected chi connectivity index (χ1v) is 15.1. The molecule has 0 unspecified atom stereocenters. The molecule has 2 aliphatic carbocycles. The Balaban J connectivity index is 1.45. The number of piperazine rings is 1. The largest absolute Gasteiger partial charge is 0.474 e. The van der Waals surface area contributed by atoms with Crippen molar-refractivity contribution >= 4 is 17.4 Å². The van der Waals surface area contributed by atoms with Gasteiger partial charge in [0.05, 0.1) is 24.2 Å². The maximum atomic E-state index is 14.0. The monoisotopic (exact) mass is 554 g/mol. The van der Waals surface area contributed by atoms with E-state index in [0.29, 0.717) is 54.9 Å². The first-order valence-electron chi connectivity index (χ1n) is 15.1. The van der Waals surface area contributed by atoms with Crippen molar-refractivity contribution in [1.29, 1.82) is 0 Å². The summed E-state index contributed by atoms with van der Waals surface area (Å²) < 4.78 is 11.9. The third-order valence-electron chi connectivity index (χ3n) is 9.48. The lowest BCUT2D eigenvalue weighted by Crippen LogP contribution is -2.70. The Hall–Kier alpha value is -2.56. The number of hydrogen-bond acceptors (Lipinski definition) is 10. The molecule has 0 radical (unpaired) electrons. The minimum Gasteiger partial charge on any atom is -0.474 e. The molecule has 3 heterocycles. The number of ketones is 2. The van der Waals surface area contributed by atoms with Crippen LogP contribution >= 0.6 is 0 Å². The predicted octanol–water partition coefficient (Wildman–Crippen LogP) is 2.77. The van der Waals surface area contributed by atoms with E-state index in [9.17, 15) is 9.59 Å². The van der Waals surface area contributed by atoms with Gasteiger partial charge in [0.15, 0.2) is 0 Å². The molecule has 1 aromatic rings. The number of anilines is 1. The van der Waals surface area contributed by atoms with Crippen LogP contribution in [0.5, 0.6) is 5.88 Å². The van der Waals surface area contributed by atoms with Gasteiger partial charge < -0.3 is 30.7 Å². The molecule has 220 valence electrons. The number of rotatable bonds is 10. The van der Waals surface area contributed by atoms with Gasteiger partial charge >= 0.3 is 0 Å². The highest BCUT2D eigenvalue weighted by molar-refractivity contribution is 6.08. The van der Waals surface area contributed by atoms with Crippen molar-refractivity contribution in [3.05, 3.63) is 23.2 Å². The molecular formula is C30H46N6O4. The van der Waals surface area contributed by atoms with E-state index >= 15 is 0 Å². The van der Waals surface area contributed by atoms with E-state index in [-0.39, 0.29) is 29.0 Å². The minimum atomic E-state index is -0.704. The number of Topliss-reactive ketones (excluding diaryl/α,β-unsaturated/α-hetero) is 2. The third-order valence-corrected chi connectivity index (χ3v) is 9.48. The van der Waals surface area contributed by atoms with E-state index in [1.54, 1.807) is 0 Å². The van der Waals surface area contributed by atoms with Crippen LogP contribution in [0.15, 0.2) is 17.3 Å². The van der Waals surface area contributed by atoms with Crippen molar-refractivity contribution in [3.63, 3.8) is 0 Å². The van der Waals surface area contributed by atoms with Gasteiger partial charge in [-0.3, -0.25) is 9.59 Å². The molecule has 10 nitrogen and oxygen atoms in total. The van der Waals surface area contributed by atoms with E-state index in [2.05, 4.69) is 34.4 Å². The van der Waals surface area contributed by atoms with Gasteiger partial charge in [0, 0.05) is 43.4 Å². The summed E-state index contributed by atoms with van der Waals surface area (Å²) in [5.41, 5.74) is 6.85. The van der Waals surface area contributed by atoms with Gasteiger partial charge in [0.25, 0.3) is 0 Å². The number of carbonyl (C=O) groups is 2. The standard InChI is InChI=1S/C30H46N6O4/c1-20(8-7-13-32-3)21(2)40-25-16-24(36-15-14-33-29(17-36)18-39-19-29)34-28(35-25)26(38)22-9-6-12-30(27(22)31)11-5-4-10-23(30)37/h16,20-21,32-33H,4-15,17-19,31H2,1-3H3/t20-,21-,30+/m0/s1. The summed E-state index contributed by atoms with van der Waals surface area (Å²) in [5, 5.41) is 6.78. The van der Waals surface area contributed by atoms with Gasteiger partial charge in [0.2, 0.25) is 17.5 Å². The molecule has 2 spiro atoms. The summed E-state index contributed by atoms with van der Waals surface area (Å²) >= 11 is 0. The number of nitrogens with two attached hydrogens (primary N) is 1. The Morgan fingerprint density at radius 3 is 2.75 bits per heavy atom. The highest BCUT2D eigenvalue weighted by Gasteiger charge is 2.46. The van der Waals surface area contributed by atoms with Crippen molar-refractivity contribution in [2.24, 2.45) is 17.1 Å². The molecule has 3 atom stereocenters. The van der Waals surface area contributed by atoms with Crippen LogP contribution in [0.2, 0.25) is 0 Å². The molecule has 2 aliphatic heterocycles. The average molecular weight is 555 g/mol. The van der Waals surface area contributed by atoms with E-state index in [0.717, 1.165) is 71.1 Å². The number of allylic oxidation sites excluding steroid dienone is 2. The van der Waals surface area contributed by atoms with E-state index in [4.69, 9.17) is 20.2 Å². The lowest BCUT2D eigenvalue weighted by atomic mass is 9.64. The van der Waals surface area contributed by atoms with E-state index in [1.807, 2.05) is 13.1 Å². The van der Waals surface area contributed by atoms with Gasteiger partial charge in [-0.25, -0.2) is 4.98 Å². The molecule has 2 saturated heterocycles. The van der Waals surface area contributed by atoms with Crippen molar-refractivity contribution in [2.45, 2.75) is 83.3 Å². The van der Waals surface area contributed by atoms with Crippen LogP contribution in [0.3, 0.4) is 0 Å². The summed E-state index contributed by atoms with van der Waals surface area (Å²) in [7, 11) is 1.96. The van der Waals surface area contributed by atoms with Crippen LogP contribution in [0, 0.1) is 11.3 Å². The summed E-state index contributed by atoms with van der Waals surface area (Å²) in [6.45, 7) is 8.80. The number of aromatic nitrogens is 2. The summed E-state index contributed by atoms with van der Waals surface area (Å²) in [6.07, 6.45) is 7.12. The molecule has 3 fully saturated rings. The molecule has 0 amide bonds. The number of hydrogen-bond donors (Lipinski definition) is 3. The highest BCUT2D eigenvalue weighted by atomic mass is 16.5. The predicted molar refractivity (Wildman–Crippen MR) is 154 cm³/mol. The van der Waals surface area contributed by atoms with Crippen molar-refractivity contribution < 1.29 is 19.1 Å². The smallest absolute Gasteiger partial charge is 0.228 e. The number of ether oxygens (including phenoxy) is 2. The van der Waals surface area contributed by atoms with Crippen molar-refractivity contribution in [3.8, 4) is 5.88 Å². The van der Waals surface area contributed by atoms with Crippen molar-refractivity contribution in [1.82, 2.24) is 20.6 Å². The van der Waals surface area contributed by atoms with Crippen LogP contribution in [0.25, 0.3) is 0 Å². The van der Waals surface area contributed by atoms with Crippen LogP contribution in [-0.2, 0) is 9.53 Å². The van der Waals surface area contributed by atoms with E-state index < -0.39 is 5.41 Å². The van der Waals surface area contributed by atoms with Crippen LogP contribution in [0.1, 0.15) is 82.3 Å². The molecule has 40 heavy (non-hydrogen) atoms. The average Bonchev–Trinajstić information content (AvgIpc) is 2.94. The minimum absolute atomic E-state index is 0.0842. The zero-order valence-electron chi connectivity index (χ0n) is 24.4. The van der Waals surface area contributed by atoms with Crippen LogP contribution in [-0.4, -0.2) is 79.6 Å². The Morgan fingerprint density at radius 2 is 2.02 bits per heavy atom. The molecule has 4 aliphatic rings. The van der Waals surface area contributed by atoms with Gasteiger partial charge in [0.1, 0.15) is 17.7 Å². The van der Waals surface area contributed by atoms with E-state index in [1.165, 1.54) is 0 Å². The fraction of sp³-hybridized carbons (Fsp3) is 0.733. The molecule has 10 heteroatoms. The summed E-state index contributed by atoms with van der Waals surface area (Å²) in [4.78, 5) is 38.7. The quantitative estimate of drug-likeness (QED) is 0.293. The molecule has 5 rings (SSSR count). The van der Waals surface area contributed by atoms with Crippen LogP contribution in [0.4, 0.5) is 5.82 Å². The zero-order chi connectivity index (χ0) is 28.3. The summed E-state index contributed by atoms with van der Waals surface area (Å²) in [5.74, 6) is 1.38. The first kappa shape index (κ1) is 29.0. The zero-order valence-corrected chi connectivity index (χ0v) is 24.4. The summed E-state index contributed by atoms with van der Waals surface area (Å²) in [6, 6.07) is 1.86. The fourth-order valence-electron chi connectivity index (χ4n) is 6.71. The normalized spacial score (nSPS) is 26.1. The van der Waals surface area contributed by atoms with Gasteiger partial charge in [-0.1, -0.05) is 13.3 Å². The van der Waals surface area contributed by atoms with Gasteiger partial charge in [-0.05, 0) is 71.4 Å². The molecule has 0 aromatic carbocycles. The second-order valence-electron chi connectivity index (χ2n) is 12.3. The second-order valence-corrected chi connectivity index (χ2v) is 12.3. The molecule has 4 N–H and O–H groups in total. The molecule has 1 aromatic heterocycles. The number of carbonyl (C=O) groups excluding carboxylic acids is 2. The number of nitrogens with one attached hydrogen (secondary N) is 2. The second kappa shape index (κ2) is 12.1. The number of nitrogens with zero attached hydrogens (tertiary/aromatic N) is 3. The lowest BCUT2D eigenvalue weighted by molar-refractivity contribution is -0.129. The lowest BCUT2D eigenvalue weighted by Gasteiger charge is -2.49. The maximum absolute atomic E-state index is 14.0. The third kappa shape index (κ3) is 5.76. The fourth-order valence-corrected chi connectivity index (χ4v) is 6.71. The Bertz CT molecular complexity index is 1140. The van der Waals surface area contributed by atoms with Gasteiger partial charge in [-0.2, -0.15) is 4.98 Å². The van der Waals surface area contributed by atoms with Crippen molar-refractivity contribution in [2.75, 3.05) is 51.3 Å². The molecular weight excluding hydrogens is 508 g/mol. The Labute approximate surface area is 237 Å². The first-order chi connectivity index (χ1) is 19.3. The highest BCUT2D eigenvalue weighted by Crippen LogP contribution is 2.47. The Kier molecular flexibility index (Phi) is 8.78. The Morgan fingerprint density at radius 1 is 1.23 bits per heavy atom. The van der Waals surface area contributed by atoms with Gasteiger partial charge in [-0.15, -0.1) is 0 Å². The molecule has 1 saturated carbocycles. The molecule has 0 bridgehead atoms. The SMILES string of the molecule is CNCCC[C@H](C)[C@H](C)Oc1cc(N2CCNC3(COC3)C2)nc(C(=O)C2=C(N)[C@]3(CCCCC3=O)CCC2)n1. The maximum Gasteiger partial charge on any atom is 0.228 e.